The largest absolute Gasteiger partial charge is 0.481 e. The van der Waals surface area contributed by atoms with Crippen molar-refractivity contribution in [2.24, 2.45) is 11.3 Å². The number of aliphatic hydroxyl groups is 1. The lowest BCUT2D eigenvalue weighted by Crippen LogP contribution is -2.62. The van der Waals surface area contributed by atoms with Crippen molar-refractivity contribution >= 4 is 41.4 Å². The topological polar surface area (TPSA) is 215 Å². The molecule has 6 amide bonds. The molecule has 0 bridgehead atoms. The Labute approximate surface area is 307 Å². The SMILES string of the molecule is CCCNC(=O)[C@@H](NC(=O)[C@@H]1CCCN1C(=O)[C@H](CC(=O)O)NC(=O)[C@@H]1CCCCN1C(=O)[C@@H](NC(=O)CCC1CCCCC1)C(C)(C)C)C(C)O. The first-order valence-corrected chi connectivity index (χ1v) is 19.2. The van der Waals surface area contributed by atoms with Crippen molar-refractivity contribution in [2.75, 3.05) is 19.6 Å². The third-order valence-corrected chi connectivity index (χ3v) is 10.5. The summed E-state index contributed by atoms with van der Waals surface area (Å²) in [6, 6.07) is -5.76. The van der Waals surface area contributed by atoms with Gasteiger partial charge in [-0.25, -0.2) is 0 Å². The lowest BCUT2D eigenvalue weighted by Gasteiger charge is -2.41. The minimum Gasteiger partial charge on any atom is -0.481 e. The van der Waals surface area contributed by atoms with Gasteiger partial charge >= 0.3 is 5.97 Å². The number of aliphatic carboxylic acids is 1. The van der Waals surface area contributed by atoms with Crippen LogP contribution in [0.4, 0.5) is 0 Å². The van der Waals surface area contributed by atoms with Crippen molar-refractivity contribution in [1.82, 2.24) is 31.1 Å². The first-order valence-electron chi connectivity index (χ1n) is 19.2. The summed E-state index contributed by atoms with van der Waals surface area (Å²) in [4.78, 5) is 95.5. The van der Waals surface area contributed by atoms with Gasteiger partial charge in [-0.3, -0.25) is 33.6 Å². The Morgan fingerprint density at radius 2 is 1.35 bits per heavy atom. The molecule has 0 spiro atoms. The van der Waals surface area contributed by atoms with E-state index in [2.05, 4.69) is 21.3 Å². The zero-order valence-electron chi connectivity index (χ0n) is 31.7. The maximum atomic E-state index is 14.1. The number of hydrogen-bond donors (Lipinski definition) is 6. The molecule has 3 aliphatic rings. The van der Waals surface area contributed by atoms with Gasteiger partial charge in [0.15, 0.2) is 0 Å². The van der Waals surface area contributed by atoms with Crippen LogP contribution in [0, 0.1) is 11.3 Å². The minimum absolute atomic E-state index is 0.117. The van der Waals surface area contributed by atoms with Crippen molar-refractivity contribution in [3.05, 3.63) is 0 Å². The number of amides is 6. The monoisotopic (exact) mass is 734 g/mol. The van der Waals surface area contributed by atoms with Crippen LogP contribution in [0.1, 0.15) is 125 Å². The number of rotatable bonds is 16. The van der Waals surface area contributed by atoms with Crippen molar-refractivity contribution in [3.8, 4) is 0 Å². The summed E-state index contributed by atoms with van der Waals surface area (Å²) in [7, 11) is 0. The predicted molar refractivity (Wildman–Crippen MR) is 192 cm³/mol. The number of carbonyl (C=O) groups is 7. The average molecular weight is 735 g/mol. The highest BCUT2D eigenvalue weighted by Crippen LogP contribution is 2.29. The Morgan fingerprint density at radius 3 is 1.94 bits per heavy atom. The van der Waals surface area contributed by atoms with E-state index in [1.54, 1.807) is 0 Å². The van der Waals surface area contributed by atoms with Crippen LogP contribution >= 0.6 is 0 Å². The molecule has 1 aliphatic carbocycles. The summed E-state index contributed by atoms with van der Waals surface area (Å²) < 4.78 is 0. The number of nitrogens with one attached hydrogen (secondary N) is 4. The fourth-order valence-corrected chi connectivity index (χ4v) is 7.49. The van der Waals surface area contributed by atoms with Crippen molar-refractivity contribution in [3.63, 3.8) is 0 Å². The summed E-state index contributed by atoms with van der Waals surface area (Å²) in [5.41, 5.74) is -0.674. The molecule has 0 aromatic heterocycles. The standard InChI is InChI=1S/C37H62N6O9/c1-6-19-38-34(50)30(23(2)44)41-33(49)27-16-12-21-42(27)35(51)25(22-29(46)47)39-32(48)26-15-10-11-20-43(26)36(52)31(37(3,4)5)40-28(45)18-17-24-13-8-7-9-14-24/h23-27,30-31,44H,6-22H2,1-5H3,(H,38,50)(H,39,48)(H,40,45)(H,41,49)(H,46,47)/t23?,25-,26-,27-,30-,31+/m0/s1. The van der Waals surface area contributed by atoms with Gasteiger partial charge in [-0.1, -0.05) is 59.8 Å². The molecule has 15 nitrogen and oxygen atoms in total. The summed E-state index contributed by atoms with van der Waals surface area (Å²) >= 11 is 0. The van der Waals surface area contributed by atoms with Gasteiger partial charge in [0.25, 0.3) is 0 Å². The maximum Gasteiger partial charge on any atom is 0.305 e. The minimum atomic E-state index is -1.53. The van der Waals surface area contributed by atoms with Crippen LogP contribution in [-0.4, -0.2) is 117 Å². The second-order valence-electron chi connectivity index (χ2n) is 15.8. The van der Waals surface area contributed by atoms with Gasteiger partial charge in [-0.05, 0) is 63.2 Å². The Morgan fingerprint density at radius 1 is 0.769 bits per heavy atom. The van der Waals surface area contributed by atoms with Gasteiger partial charge in [0.2, 0.25) is 35.4 Å². The molecule has 6 N–H and O–H groups in total. The normalized spacial score (nSPS) is 22.0. The first-order chi connectivity index (χ1) is 24.5. The smallest absolute Gasteiger partial charge is 0.305 e. The van der Waals surface area contributed by atoms with E-state index in [0.717, 1.165) is 19.3 Å². The van der Waals surface area contributed by atoms with E-state index in [0.29, 0.717) is 44.6 Å². The number of aliphatic hydroxyl groups excluding tert-OH is 1. The number of carbonyl (C=O) groups excluding carboxylic acids is 6. The zero-order valence-corrected chi connectivity index (χ0v) is 31.7. The molecule has 15 heteroatoms. The van der Waals surface area contributed by atoms with Gasteiger partial charge in [0, 0.05) is 26.1 Å². The fourth-order valence-electron chi connectivity index (χ4n) is 7.49. The molecule has 0 aromatic rings. The average Bonchev–Trinajstić information content (AvgIpc) is 3.60. The van der Waals surface area contributed by atoms with E-state index in [1.165, 1.54) is 36.0 Å². The van der Waals surface area contributed by atoms with Gasteiger partial charge < -0.3 is 41.3 Å². The van der Waals surface area contributed by atoms with Gasteiger partial charge in [-0.2, -0.15) is 0 Å². The maximum absolute atomic E-state index is 14.1. The molecule has 0 aromatic carbocycles. The molecule has 52 heavy (non-hydrogen) atoms. The van der Waals surface area contributed by atoms with E-state index in [1.807, 2.05) is 27.7 Å². The van der Waals surface area contributed by atoms with Gasteiger partial charge in [-0.15, -0.1) is 0 Å². The molecule has 1 saturated carbocycles. The summed E-state index contributed by atoms with van der Waals surface area (Å²) in [5, 5.41) is 30.6. The number of carboxylic acids is 1. The molecule has 1 unspecified atom stereocenters. The predicted octanol–water partition coefficient (Wildman–Crippen LogP) is 1.60. The van der Waals surface area contributed by atoms with Crippen molar-refractivity contribution < 1.29 is 43.8 Å². The Kier molecular flexibility index (Phi) is 16.3. The number of nitrogens with zero attached hydrogens (tertiary/aromatic N) is 2. The van der Waals surface area contributed by atoms with Crippen LogP contribution in [0.5, 0.6) is 0 Å². The number of carboxylic acid groups (broad SMARTS) is 1. The number of piperidine rings is 1. The Balaban J connectivity index is 1.74. The van der Waals surface area contributed by atoms with Crippen LogP contribution in [0.25, 0.3) is 0 Å². The van der Waals surface area contributed by atoms with E-state index in [9.17, 15) is 43.8 Å². The lowest BCUT2D eigenvalue weighted by molar-refractivity contribution is -0.150. The second-order valence-corrected chi connectivity index (χ2v) is 15.8. The van der Waals surface area contributed by atoms with E-state index in [4.69, 9.17) is 0 Å². The molecule has 2 saturated heterocycles. The molecule has 294 valence electrons. The molecule has 6 atom stereocenters. The van der Waals surface area contributed by atoms with E-state index < -0.39 is 83.7 Å². The highest BCUT2D eigenvalue weighted by molar-refractivity contribution is 5.98. The van der Waals surface area contributed by atoms with E-state index in [-0.39, 0.29) is 31.8 Å². The Hall–Kier alpha value is -3.75. The zero-order chi connectivity index (χ0) is 38.6. The van der Waals surface area contributed by atoms with Crippen LogP contribution in [-0.2, 0) is 33.6 Å². The third kappa shape index (κ3) is 12.2. The molecule has 2 aliphatic heterocycles. The van der Waals surface area contributed by atoms with Gasteiger partial charge in [0.1, 0.15) is 30.2 Å². The first kappa shape index (κ1) is 42.7. The number of likely N-dealkylation sites (tertiary alicyclic amines) is 2. The molecular weight excluding hydrogens is 672 g/mol. The molecule has 0 radical (unpaired) electrons. The molecular formula is C37H62N6O9. The number of hydrogen-bond acceptors (Lipinski definition) is 8. The quantitative estimate of drug-likeness (QED) is 0.136. The summed E-state index contributed by atoms with van der Waals surface area (Å²) in [6.45, 7) is 9.48. The molecule has 3 rings (SSSR count). The van der Waals surface area contributed by atoms with Crippen molar-refractivity contribution in [1.29, 1.82) is 0 Å². The lowest BCUT2D eigenvalue weighted by atomic mass is 9.84. The highest BCUT2D eigenvalue weighted by atomic mass is 16.4. The van der Waals surface area contributed by atoms with Crippen LogP contribution in [0.3, 0.4) is 0 Å². The summed E-state index contributed by atoms with van der Waals surface area (Å²) in [5.74, 6) is -4.18. The second kappa shape index (κ2) is 19.9. The Bertz CT molecular complexity index is 1280. The molecule has 3 fully saturated rings. The summed E-state index contributed by atoms with van der Waals surface area (Å²) in [6.07, 6.45) is 7.73. The van der Waals surface area contributed by atoms with E-state index >= 15 is 0 Å². The van der Waals surface area contributed by atoms with Crippen LogP contribution < -0.4 is 21.3 Å². The molecule has 2 heterocycles. The fraction of sp³-hybridized carbons (Fsp3) is 0.811. The van der Waals surface area contributed by atoms with Gasteiger partial charge in [0.05, 0.1) is 12.5 Å². The third-order valence-electron chi connectivity index (χ3n) is 10.5. The highest BCUT2D eigenvalue weighted by Gasteiger charge is 2.44. The van der Waals surface area contributed by atoms with Crippen LogP contribution in [0.2, 0.25) is 0 Å². The van der Waals surface area contributed by atoms with Crippen molar-refractivity contribution in [2.45, 2.75) is 161 Å². The van der Waals surface area contributed by atoms with Crippen LogP contribution in [0.15, 0.2) is 0 Å².